The molecule has 1 fully saturated rings. The average Bonchev–Trinajstić information content (AvgIpc) is 2.55. The molecule has 1 amide bonds. The van der Waals surface area contributed by atoms with Gasteiger partial charge in [0, 0.05) is 12.1 Å². The predicted octanol–water partition coefficient (Wildman–Crippen LogP) is 3.17. The normalized spacial score (nSPS) is 24.2. The number of hydrogen-bond donors (Lipinski definition) is 1. The van der Waals surface area contributed by atoms with Crippen LogP contribution in [0.15, 0.2) is 24.3 Å². The van der Waals surface area contributed by atoms with Gasteiger partial charge in [0.25, 0.3) is 0 Å². The van der Waals surface area contributed by atoms with Gasteiger partial charge in [-0.2, -0.15) is 0 Å². The first kappa shape index (κ1) is 14.9. The number of carbonyl (C=O) groups excluding carboxylic acids is 1. The smallest absolute Gasteiger partial charge is 0.244 e. The van der Waals surface area contributed by atoms with Crippen LogP contribution in [-0.2, 0) is 4.79 Å². The highest BCUT2D eigenvalue weighted by Gasteiger charge is 2.21. The fourth-order valence-electron chi connectivity index (χ4n) is 3.10. The lowest BCUT2D eigenvalue weighted by atomic mass is 9.86. The monoisotopic (exact) mass is 301 g/mol. The lowest BCUT2D eigenvalue weighted by Gasteiger charge is -2.29. The molecule has 1 N–H and O–H groups in total. The fourth-order valence-corrected chi connectivity index (χ4v) is 3.10. The van der Waals surface area contributed by atoms with Crippen molar-refractivity contribution < 1.29 is 14.3 Å². The molecular weight excluding hydrogens is 278 g/mol. The second-order valence-electron chi connectivity index (χ2n) is 6.11. The highest BCUT2D eigenvalue weighted by molar-refractivity contribution is 5.92. The molecule has 1 saturated carbocycles. The topological polar surface area (TPSA) is 47.6 Å². The lowest BCUT2D eigenvalue weighted by Crippen LogP contribution is -2.40. The Balaban J connectivity index is 1.59. The number of fused-ring (bicyclic) bond motifs is 1. The number of ether oxygens (including phenoxy) is 2. The van der Waals surface area contributed by atoms with Gasteiger partial charge >= 0.3 is 0 Å². The van der Waals surface area contributed by atoms with Crippen LogP contribution < -0.4 is 14.8 Å². The third-order valence-corrected chi connectivity index (χ3v) is 4.43. The summed E-state index contributed by atoms with van der Waals surface area (Å²) in [4.78, 5) is 12.1. The molecule has 1 aliphatic carbocycles. The molecule has 3 rings (SSSR count). The zero-order valence-electron chi connectivity index (χ0n) is 13.0. The summed E-state index contributed by atoms with van der Waals surface area (Å²) in [5.41, 5.74) is 0.941. The molecular formula is C18H23NO3. The molecule has 0 saturated heterocycles. The minimum Gasteiger partial charge on any atom is -0.486 e. The molecule has 118 valence electrons. The Bertz CT molecular complexity index is 567. The summed E-state index contributed by atoms with van der Waals surface area (Å²) in [6, 6.07) is 6.03. The minimum absolute atomic E-state index is 0.0198. The number of nitrogens with one attached hydrogen (secondary N) is 1. The van der Waals surface area contributed by atoms with Gasteiger partial charge in [0.1, 0.15) is 13.2 Å². The predicted molar refractivity (Wildman–Crippen MR) is 86.0 cm³/mol. The molecule has 0 spiro atoms. The van der Waals surface area contributed by atoms with E-state index in [1.54, 1.807) is 6.08 Å². The van der Waals surface area contributed by atoms with E-state index in [4.69, 9.17) is 9.47 Å². The summed E-state index contributed by atoms with van der Waals surface area (Å²) >= 11 is 0. The van der Waals surface area contributed by atoms with Gasteiger partial charge < -0.3 is 14.8 Å². The third-order valence-electron chi connectivity index (χ3n) is 4.43. The molecule has 1 aromatic rings. The molecule has 4 nitrogen and oxygen atoms in total. The average molecular weight is 301 g/mol. The minimum atomic E-state index is -0.0198. The van der Waals surface area contributed by atoms with Crippen molar-refractivity contribution in [2.45, 2.75) is 38.6 Å². The van der Waals surface area contributed by atoms with Gasteiger partial charge in [0.2, 0.25) is 5.91 Å². The summed E-state index contributed by atoms with van der Waals surface area (Å²) in [7, 11) is 0. The van der Waals surface area contributed by atoms with Crippen LogP contribution in [0.3, 0.4) is 0 Å². The van der Waals surface area contributed by atoms with E-state index in [0.29, 0.717) is 25.2 Å². The van der Waals surface area contributed by atoms with Gasteiger partial charge in [-0.05, 0) is 42.5 Å². The maximum absolute atomic E-state index is 12.1. The first-order chi connectivity index (χ1) is 10.7. The van der Waals surface area contributed by atoms with E-state index in [9.17, 15) is 4.79 Å². The van der Waals surface area contributed by atoms with Gasteiger partial charge in [-0.1, -0.05) is 25.8 Å². The first-order valence-electron chi connectivity index (χ1n) is 8.10. The SMILES string of the molecule is C[C@@H]1CCCC[C@@H]1NC(=O)/C=C/c1ccc2c(c1)OCCO2. The van der Waals surface area contributed by atoms with Crippen LogP contribution >= 0.6 is 0 Å². The van der Waals surface area contributed by atoms with Crippen LogP contribution in [0.25, 0.3) is 6.08 Å². The first-order valence-corrected chi connectivity index (χ1v) is 8.10. The molecule has 22 heavy (non-hydrogen) atoms. The van der Waals surface area contributed by atoms with Crippen LogP contribution in [0, 0.1) is 5.92 Å². The highest BCUT2D eigenvalue weighted by Crippen LogP contribution is 2.31. The van der Waals surface area contributed by atoms with Crippen molar-refractivity contribution in [3.05, 3.63) is 29.8 Å². The molecule has 1 aliphatic heterocycles. The zero-order chi connectivity index (χ0) is 15.4. The van der Waals surface area contributed by atoms with Crippen molar-refractivity contribution >= 4 is 12.0 Å². The number of carbonyl (C=O) groups is 1. The second kappa shape index (κ2) is 6.86. The van der Waals surface area contributed by atoms with E-state index in [1.165, 1.54) is 19.3 Å². The Hall–Kier alpha value is -1.97. The number of benzene rings is 1. The Kier molecular flexibility index (Phi) is 4.66. The van der Waals surface area contributed by atoms with Crippen LogP contribution in [0.2, 0.25) is 0 Å². The molecule has 4 heteroatoms. The quantitative estimate of drug-likeness (QED) is 0.872. The zero-order valence-corrected chi connectivity index (χ0v) is 13.0. The summed E-state index contributed by atoms with van der Waals surface area (Å²) < 4.78 is 11.0. The van der Waals surface area contributed by atoms with Gasteiger partial charge in [-0.3, -0.25) is 4.79 Å². The summed E-state index contributed by atoms with van der Waals surface area (Å²) in [5, 5.41) is 3.12. The van der Waals surface area contributed by atoms with E-state index in [-0.39, 0.29) is 5.91 Å². The van der Waals surface area contributed by atoms with Gasteiger partial charge in [0.15, 0.2) is 11.5 Å². The standard InChI is InChI=1S/C18H23NO3/c1-13-4-2-3-5-15(13)19-18(20)9-7-14-6-8-16-17(12-14)22-11-10-21-16/h6-9,12-13,15H,2-5,10-11H2,1H3,(H,19,20)/b9-7+/t13-,15+/m1/s1. The summed E-state index contributed by atoms with van der Waals surface area (Å²) in [6.07, 6.45) is 8.21. The molecule has 0 aromatic heterocycles. The van der Waals surface area contributed by atoms with E-state index in [0.717, 1.165) is 23.5 Å². The second-order valence-corrected chi connectivity index (χ2v) is 6.11. The van der Waals surface area contributed by atoms with E-state index in [2.05, 4.69) is 12.2 Å². The van der Waals surface area contributed by atoms with Gasteiger partial charge in [-0.25, -0.2) is 0 Å². The summed E-state index contributed by atoms with van der Waals surface area (Å²) in [6.45, 7) is 3.37. The maximum Gasteiger partial charge on any atom is 0.244 e. The van der Waals surface area contributed by atoms with Crippen molar-refractivity contribution in [3.8, 4) is 11.5 Å². The Morgan fingerprint density at radius 1 is 1.18 bits per heavy atom. The van der Waals surface area contributed by atoms with E-state index in [1.807, 2.05) is 24.3 Å². The van der Waals surface area contributed by atoms with Crippen molar-refractivity contribution in [3.63, 3.8) is 0 Å². The van der Waals surface area contributed by atoms with Gasteiger partial charge in [0.05, 0.1) is 0 Å². The van der Waals surface area contributed by atoms with E-state index < -0.39 is 0 Å². The largest absolute Gasteiger partial charge is 0.486 e. The number of rotatable bonds is 3. The Morgan fingerprint density at radius 3 is 2.77 bits per heavy atom. The molecule has 2 aliphatic rings. The molecule has 2 atom stereocenters. The van der Waals surface area contributed by atoms with Crippen LogP contribution in [0.5, 0.6) is 11.5 Å². The molecule has 0 unspecified atom stereocenters. The van der Waals surface area contributed by atoms with Crippen LogP contribution in [-0.4, -0.2) is 25.2 Å². The fraction of sp³-hybridized carbons (Fsp3) is 0.500. The number of amides is 1. The Labute approximate surface area is 131 Å². The maximum atomic E-state index is 12.1. The van der Waals surface area contributed by atoms with Crippen molar-refractivity contribution in [1.29, 1.82) is 0 Å². The Morgan fingerprint density at radius 2 is 1.95 bits per heavy atom. The van der Waals surface area contributed by atoms with Gasteiger partial charge in [-0.15, -0.1) is 0 Å². The van der Waals surface area contributed by atoms with Crippen LogP contribution in [0.1, 0.15) is 38.2 Å². The molecule has 1 aromatic carbocycles. The highest BCUT2D eigenvalue weighted by atomic mass is 16.6. The van der Waals surface area contributed by atoms with Crippen molar-refractivity contribution in [2.75, 3.05) is 13.2 Å². The summed E-state index contributed by atoms with van der Waals surface area (Å²) in [5.74, 6) is 2.06. The third kappa shape index (κ3) is 3.62. The molecule has 0 radical (unpaired) electrons. The van der Waals surface area contributed by atoms with Crippen LogP contribution in [0.4, 0.5) is 0 Å². The van der Waals surface area contributed by atoms with Crippen molar-refractivity contribution in [1.82, 2.24) is 5.32 Å². The van der Waals surface area contributed by atoms with Crippen molar-refractivity contribution in [2.24, 2.45) is 5.92 Å². The van der Waals surface area contributed by atoms with E-state index >= 15 is 0 Å². The number of hydrogen-bond acceptors (Lipinski definition) is 3. The molecule has 1 heterocycles. The lowest BCUT2D eigenvalue weighted by molar-refractivity contribution is -0.117. The molecule has 0 bridgehead atoms.